The van der Waals surface area contributed by atoms with Gasteiger partial charge >= 0.3 is 0 Å². The van der Waals surface area contributed by atoms with Crippen molar-refractivity contribution in [3.63, 3.8) is 0 Å². The highest BCUT2D eigenvalue weighted by Crippen LogP contribution is 2.12. The van der Waals surface area contributed by atoms with Gasteiger partial charge in [0.25, 0.3) is 0 Å². The van der Waals surface area contributed by atoms with Crippen LogP contribution in [0.25, 0.3) is 0 Å². The molecule has 0 fully saturated rings. The summed E-state index contributed by atoms with van der Waals surface area (Å²) in [5.41, 5.74) is 1.43. The van der Waals surface area contributed by atoms with Gasteiger partial charge in [-0.05, 0) is 26.5 Å². The largest absolute Gasteiger partial charge is 0.365 e. The van der Waals surface area contributed by atoms with Gasteiger partial charge in [0.1, 0.15) is 0 Å². The third-order valence-electron chi connectivity index (χ3n) is 2.15. The molecule has 2 nitrogen and oxygen atoms in total. The molecule has 2 heteroatoms. The van der Waals surface area contributed by atoms with Crippen molar-refractivity contribution in [2.75, 3.05) is 20.6 Å². The summed E-state index contributed by atoms with van der Waals surface area (Å²) in [7, 11) is 4.27. The first-order chi connectivity index (χ1) is 4.61. The molecule has 0 bridgehead atoms. The SMILES string of the molecule is CC1=CN(C)C(C)N(C)C1. The lowest BCUT2D eigenvalue weighted by Gasteiger charge is -2.36. The molecule has 1 heterocycles. The summed E-state index contributed by atoms with van der Waals surface area (Å²) in [5.74, 6) is 0. The lowest BCUT2D eigenvalue weighted by atomic mass is 10.2. The van der Waals surface area contributed by atoms with Gasteiger partial charge in [-0.25, -0.2) is 0 Å². The zero-order valence-electron chi connectivity index (χ0n) is 7.26. The standard InChI is InChI=1S/C8H16N2/c1-7-5-9(3)8(2)10(4)6-7/h5,8H,6H2,1-4H3. The van der Waals surface area contributed by atoms with Gasteiger partial charge in [-0.15, -0.1) is 0 Å². The lowest BCUT2D eigenvalue weighted by Crippen LogP contribution is -2.44. The molecule has 0 aromatic heterocycles. The second-order valence-electron chi connectivity index (χ2n) is 3.19. The van der Waals surface area contributed by atoms with E-state index in [4.69, 9.17) is 0 Å². The summed E-state index contributed by atoms with van der Waals surface area (Å²) in [4.78, 5) is 4.56. The van der Waals surface area contributed by atoms with Crippen LogP contribution >= 0.6 is 0 Å². The van der Waals surface area contributed by atoms with Gasteiger partial charge in [-0.2, -0.15) is 0 Å². The molecule has 58 valence electrons. The van der Waals surface area contributed by atoms with Crippen LogP contribution in [0, 0.1) is 0 Å². The minimum atomic E-state index is 0.545. The predicted octanol–water partition coefficient (Wildman–Crippen LogP) is 1.11. The number of hydrogen-bond donors (Lipinski definition) is 0. The van der Waals surface area contributed by atoms with E-state index < -0.39 is 0 Å². The van der Waals surface area contributed by atoms with Gasteiger partial charge < -0.3 is 4.90 Å². The summed E-state index contributed by atoms with van der Waals surface area (Å²) >= 11 is 0. The predicted molar refractivity (Wildman–Crippen MR) is 43.6 cm³/mol. The van der Waals surface area contributed by atoms with Gasteiger partial charge in [-0.3, -0.25) is 4.90 Å². The van der Waals surface area contributed by atoms with E-state index in [1.807, 2.05) is 0 Å². The maximum Gasteiger partial charge on any atom is 0.0783 e. The van der Waals surface area contributed by atoms with Crippen molar-refractivity contribution in [2.24, 2.45) is 0 Å². The maximum atomic E-state index is 2.33. The van der Waals surface area contributed by atoms with E-state index in [1.165, 1.54) is 5.57 Å². The molecule has 10 heavy (non-hydrogen) atoms. The van der Waals surface area contributed by atoms with Crippen LogP contribution in [0.4, 0.5) is 0 Å². The van der Waals surface area contributed by atoms with Crippen LogP contribution in [-0.2, 0) is 0 Å². The van der Waals surface area contributed by atoms with Crippen LogP contribution in [-0.4, -0.2) is 36.6 Å². The molecular formula is C8H16N2. The molecule has 0 N–H and O–H groups in total. The third kappa shape index (κ3) is 1.32. The minimum Gasteiger partial charge on any atom is -0.365 e. The molecule has 0 amide bonds. The highest BCUT2D eigenvalue weighted by Gasteiger charge is 2.16. The highest BCUT2D eigenvalue weighted by molar-refractivity contribution is 5.04. The fraction of sp³-hybridized carbons (Fsp3) is 0.750. The zero-order valence-corrected chi connectivity index (χ0v) is 7.26. The van der Waals surface area contributed by atoms with E-state index >= 15 is 0 Å². The molecule has 0 aromatic rings. The van der Waals surface area contributed by atoms with Crippen molar-refractivity contribution in [2.45, 2.75) is 20.0 Å². The summed E-state index contributed by atoms with van der Waals surface area (Å²) in [5, 5.41) is 0. The van der Waals surface area contributed by atoms with Crippen molar-refractivity contribution < 1.29 is 0 Å². The molecule has 1 unspecified atom stereocenters. The van der Waals surface area contributed by atoms with E-state index in [0.29, 0.717) is 6.17 Å². The Morgan fingerprint density at radius 1 is 1.50 bits per heavy atom. The van der Waals surface area contributed by atoms with Crippen LogP contribution in [0.3, 0.4) is 0 Å². The Kier molecular flexibility index (Phi) is 2.00. The number of likely N-dealkylation sites (N-methyl/N-ethyl adjacent to an activating group) is 1. The van der Waals surface area contributed by atoms with Crippen LogP contribution in [0.15, 0.2) is 11.8 Å². The molecule has 0 saturated carbocycles. The number of rotatable bonds is 0. The van der Waals surface area contributed by atoms with Crippen molar-refractivity contribution in [3.8, 4) is 0 Å². The van der Waals surface area contributed by atoms with Crippen LogP contribution < -0.4 is 0 Å². The summed E-state index contributed by atoms with van der Waals surface area (Å²) in [6.07, 6.45) is 2.76. The fourth-order valence-electron chi connectivity index (χ4n) is 1.33. The lowest BCUT2D eigenvalue weighted by molar-refractivity contribution is 0.129. The zero-order chi connectivity index (χ0) is 7.72. The highest BCUT2D eigenvalue weighted by atomic mass is 15.3. The minimum absolute atomic E-state index is 0.545. The van der Waals surface area contributed by atoms with Crippen molar-refractivity contribution in [1.82, 2.24) is 9.80 Å². The first kappa shape index (κ1) is 7.61. The summed E-state index contributed by atoms with van der Waals surface area (Å²) < 4.78 is 0. The Bertz CT molecular complexity index is 151. The molecule has 0 aromatic carbocycles. The van der Waals surface area contributed by atoms with Crippen LogP contribution in [0.2, 0.25) is 0 Å². The monoisotopic (exact) mass is 140 g/mol. The second-order valence-corrected chi connectivity index (χ2v) is 3.19. The number of hydrogen-bond acceptors (Lipinski definition) is 2. The Labute approximate surface area is 63.1 Å². The van der Waals surface area contributed by atoms with Gasteiger partial charge in [0.15, 0.2) is 0 Å². The van der Waals surface area contributed by atoms with Crippen molar-refractivity contribution >= 4 is 0 Å². The van der Waals surface area contributed by atoms with Gasteiger partial charge in [0, 0.05) is 19.8 Å². The van der Waals surface area contributed by atoms with Crippen LogP contribution in [0.1, 0.15) is 13.8 Å². The molecule has 0 spiro atoms. The van der Waals surface area contributed by atoms with E-state index in [1.54, 1.807) is 0 Å². The van der Waals surface area contributed by atoms with E-state index in [-0.39, 0.29) is 0 Å². The first-order valence-corrected chi connectivity index (χ1v) is 3.70. The Morgan fingerprint density at radius 3 is 2.60 bits per heavy atom. The molecule has 0 saturated heterocycles. The Balaban J connectivity index is 2.69. The molecule has 0 aliphatic carbocycles. The second kappa shape index (κ2) is 2.62. The summed E-state index contributed by atoms with van der Waals surface area (Å²) in [6.45, 7) is 5.48. The molecular weight excluding hydrogens is 124 g/mol. The van der Waals surface area contributed by atoms with E-state index in [2.05, 4.69) is 43.9 Å². The van der Waals surface area contributed by atoms with Gasteiger partial charge in [-0.1, -0.05) is 0 Å². The molecule has 1 rings (SSSR count). The molecule has 1 atom stereocenters. The Morgan fingerprint density at radius 2 is 2.10 bits per heavy atom. The maximum absolute atomic E-state index is 2.33. The van der Waals surface area contributed by atoms with Crippen LogP contribution in [0.5, 0.6) is 0 Å². The normalized spacial score (nSPS) is 28.6. The quantitative estimate of drug-likeness (QED) is 0.497. The topological polar surface area (TPSA) is 6.48 Å². The van der Waals surface area contributed by atoms with E-state index in [0.717, 1.165) is 6.54 Å². The molecule has 1 aliphatic heterocycles. The average molecular weight is 140 g/mol. The summed E-state index contributed by atoms with van der Waals surface area (Å²) in [6, 6.07) is 0. The first-order valence-electron chi connectivity index (χ1n) is 3.70. The molecule has 1 aliphatic rings. The average Bonchev–Trinajstić information content (AvgIpc) is 1.82. The Hall–Kier alpha value is -0.500. The number of nitrogens with zero attached hydrogens (tertiary/aromatic N) is 2. The molecule has 0 radical (unpaired) electrons. The smallest absolute Gasteiger partial charge is 0.0783 e. The van der Waals surface area contributed by atoms with Crippen molar-refractivity contribution in [3.05, 3.63) is 11.8 Å². The van der Waals surface area contributed by atoms with Gasteiger partial charge in [0.2, 0.25) is 0 Å². The third-order valence-corrected chi connectivity index (χ3v) is 2.15. The van der Waals surface area contributed by atoms with Gasteiger partial charge in [0.05, 0.1) is 6.17 Å². The van der Waals surface area contributed by atoms with Crippen molar-refractivity contribution in [1.29, 1.82) is 0 Å². The van der Waals surface area contributed by atoms with E-state index in [9.17, 15) is 0 Å². The fourth-order valence-corrected chi connectivity index (χ4v) is 1.33.